The molecule has 18 heavy (non-hydrogen) atoms. The highest BCUT2D eigenvalue weighted by Crippen LogP contribution is 2.28. The lowest BCUT2D eigenvalue weighted by Gasteiger charge is -2.15. The molecule has 2 aromatic heterocycles. The van der Waals surface area contributed by atoms with Gasteiger partial charge in [-0.05, 0) is 27.3 Å². The highest BCUT2D eigenvalue weighted by molar-refractivity contribution is 7.09. The maximum Gasteiger partial charge on any atom is 0.130 e. The number of nitrogens with zero attached hydrogens (tertiary/aromatic N) is 3. The van der Waals surface area contributed by atoms with Gasteiger partial charge in [0.25, 0.3) is 0 Å². The largest absolute Gasteiger partial charge is 0.312 e. The fraction of sp³-hybridized carbons (Fsp3) is 0.500. The molecule has 0 saturated heterocycles. The zero-order valence-corrected chi connectivity index (χ0v) is 12.6. The van der Waals surface area contributed by atoms with Crippen LogP contribution in [0.4, 0.5) is 0 Å². The molecule has 98 valence electrons. The summed E-state index contributed by atoms with van der Waals surface area (Å²) in [6.45, 7) is 4.03. The van der Waals surface area contributed by atoms with Crippen molar-refractivity contribution in [2.75, 3.05) is 7.05 Å². The van der Waals surface area contributed by atoms with Gasteiger partial charge in [-0.3, -0.25) is 4.68 Å². The first-order chi connectivity index (χ1) is 8.54. The van der Waals surface area contributed by atoms with Crippen LogP contribution in [-0.2, 0) is 13.5 Å². The fourth-order valence-corrected chi connectivity index (χ4v) is 3.25. The molecule has 0 spiro atoms. The van der Waals surface area contributed by atoms with Crippen molar-refractivity contribution in [3.05, 3.63) is 32.5 Å². The molecule has 1 unspecified atom stereocenters. The summed E-state index contributed by atoms with van der Waals surface area (Å²) in [5, 5.41) is 8.40. The molecule has 0 aliphatic heterocycles. The number of halogens is 1. The molecule has 6 heteroatoms. The number of thiazole rings is 1. The van der Waals surface area contributed by atoms with Crippen molar-refractivity contribution in [2.45, 2.75) is 26.3 Å². The third-order valence-electron chi connectivity index (χ3n) is 3.13. The van der Waals surface area contributed by atoms with Gasteiger partial charge in [-0.25, -0.2) is 4.98 Å². The van der Waals surface area contributed by atoms with Crippen LogP contribution in [0.3, 0.4) is 0 Å². The summed E-state index contributed by atoms with van der Waals surface area (Å²) in [4.78, 5) is 5.56. The topological polar surface area (TPSA) is 42.7 Å². The van der Waals surface area contributed by atoms with Gasteiger partial charge in [-0.1, -0.05) is 11.6 Å². The standard InChI is InChI=1S/C12H17ClN4S/c1-7-9(12(13)17(4)16-7)5-10(14-3)11-8(2)15-6-18-11/h6,10,14H,5H2,1-4H3. The van der Waals surface area contributed by atoms with E-state index in [1.807, 2.05) is 33.5 Å². The molecule has 1 atom stereocenters. The first kappa shape index (κ1) is 13.5. The number of aromatic nitrogens is 3. The van der Waals surface area contributed by atoms with Crippen LogP contribution in [0.1, 0.15) is 27.9 Å². The van der Waals surface area contributed by atoms with Gasteiger partial charge in [0.1, 0.15) is 5.15 Å². The predicted molar refractivity (Wildman–Crippen MR) is 75.3 cm³/mol. The average molecular weight is 285 g/mol. The number of likely N-dealkylation sites (N-methyl/N-ethyl adjacent to an activating group) is 1. The van der Waals surface area contributed by atoms with Gasteiger partial charge in [0.05, 0.1) is 16.9 Å². The molecule has 2 aromatic rings. The van der Waals surface area contributed by atoms with E-state index < -0.39 is 0 Å². The number of hydrogen-bond donors (Lipinski definition) is 1. The van der Waals surface area contributed by atoms with Gasteiger partial charge in [-0.2, -0.15) is 5.10 Å². The quantitative estimate of drug-likeness (QED) is 0.939. The van der Waals surface area contributed by atoms with Crippen LogP contribution < -0.4 is 5.32 Å². The third-order valence-corrected chi connectivity index (χ3v) is 4.64. The minimum absolute atomic E-state index is 0.234. The van der Waals surface area contributed by atoms with E-state index in [2.05, 4.69) is 15.4 Å². The summed E-state index contributed by atoms with van der Waals surface area (Å²) in [5.41, 5.74) is 5.06. The van der Waals surface area contributed by atoms with Crippen LogP contribution in [-0.4, -0.2) is 21.8 Å². The molecule has 0 bridgehead atoms. The van der Waals surface area contributed by atoms with Gasteiger partial charge in [0.2, 0.25) is 0 Å². The summed E-state index contributed by atoms with van der Waals surface area (Å²) >= 11 is 7.95. The van der Waals surface area contributed by atoms with Gasteiger partial charge >= 0.3 is 0 Å². The van der Waals surface area contributed by atoms with E-state index in [0.717, 1.165) is 28.5 Å². The lowest BCUT2D eigenvalue weighted by Crippen LogP contribution is -2.19. The molecule has 0 amide bonds. The molecule has 1 N–H and O–H groups in total. The highest BCUT2D eigenvalue weighted by Gasteiger charge is 2.20. The lowest BCUT2D eigenvalue weighted by molar-refractivity contribution is 0.596. The Labute approximate surface area is 116 Å². The van der Waals surface area contributed by atoms with E-state index in [0.29, 0.717) is 0 Å². The second-order valence-electron chi connectivity index (χ2n) is 4.33. The Bertz CT molecular complexity index is 546. The predicted octanol–water partition coefficient (Wildman–Crippen LogP) is 2.65. The first-order valence-corrected chi connectivity index (χ1v) is 7.05. The number of hydrogen-bond acceptors (Lipinski definition) is 4. The molecule has 2 rings (SSSR count). The Balaban J connectivity index is 2.29. The monoisotopic (exact) mass is 284 g/mol. The van der Waals surface area contributed by atoms with E-state index in [1.54, 1.807) is 16.0 Å². The maximum atomic E-state index is 6.28. The van der Waals surface area contributed by atoms with Crippen molar-refractivity contribution in [1.29, 1.82) is 0 Å². The van der Waals surface area contributed by atoms with Gasteiger partial charge in [-0.15, -0.1) is 11.3 Å². The van der Waals surface area contributed by atoms with Crippen molar-refractivity contribution in [2.24, 2.45) is 7.05 Å². The molecule has 0 saturated carbocycles. The summed E-state index contributed by atoms with van der Waals surface area (Å²) in [7, 11) is 3.83. The number of rotatable bonds is 4. The Kier molecular flexibility index (Phi) is 4.04. The zero-order valence-electron chi connectivity index (χ0n) is 11.0. The molecular weight excluding hydrogens is 268 g/mol. The summed E-state index contributed by atoms with van der Waals surface area (Å²) in [5.74, 6) is 0. The normalized spacial score (nSPS) is 12.9. The van der Waals surface area contributed by atoms with Crippen LogP contribution in [0.15, 0.2) is 5.51 Å². The molecular formula is C12H17ClN4S. The summed E-state index contributed by atoms with van der Waals surface area (Å²) in [6, 6.07) is 0.234. The Hall–Kier alpha value is -0.910. The van der Waals surface area contributed by atoms with Crippen LogP contribution in [0.2, 0.25) is 5.15 Å². The molecule has 0 aliphatic carbocycles. The number of aryl methyl sites for hydroxylation is 3. The lowest BCUT2D eigenvalue weighted by atomic mass is 10.0. The second-order valence-corrected chi connectivity index (χ2v) is 5.57. The van der Waals surface area contributed by atoms with Gasteiger partial charge in [0.15, 0.2) is 0 Å². The molecule has 0 aliphatic rings. The molecule has 0 radical (unpaired) electrons. The van der Waals surface area contributed by atoms with Gasteiger partial charge in [0, 0.05) is 23.5 Å². The Morgan fingerprint density at radius 2 is 2.17 bits per heavy atom. The van der Waals surface area contributed by atoms with Crippen molar-refractivity contribution in [1.82, 2.24) is 20.1 Å². The van der Waals surface area contributed by atoms with E-state index in [9.17, 15) is 0 Å². The van der Waals surface area contributed by atoms with Crippen LogP contribution in [0.25, 0.3) is 0 Å². The molecule has 2 heterocycles. The van der Waals surface area contributed by atoms with E-state index in [4.69, 9.17) is 11.6 Å². The fourth-order valence-electron chi connectivity index (χ4n) is 2.08. The van der Waals surface area contributed by atoms with E-state index >= 15 is 0 Å². The average Bonchev–Trinajstić information content (AvgIpc) is 2.84. The van der Waals surface area contributed by atoms with E-state index in [1.165, 1.54) is 4.88 Å². The van der Waals surface area contributed by atoms with Gasteiger partial charge < -0.3 is 5.32 Å². The Morgan fingerprint density at radius 3 is 2.61 bits per heavy atom. The van der Waals surface area contributed by atoms with Crippen molar-refractivity contribution in [3.63, 3.8) is 0 Å². The highest BCUT2D eigenvalue weighted by atomic mass is 35.5. The SMILES string of the molecule is CNC(Cc1c(C)nn(C)c1Cl)c1scnc1C. The van der Waals surface area contributed by atoms with Crippen LogP contribution in [0.5, 0.6) is 0 Å². The van der Waals surface area contributed by atoms with Crippen molar-refractivity contribution >= 4 is 22.9 Å². The molecule has 0 aromatic carbocycles. The second kappa shape index (κ2) is 5.38. The summed E-state index contributed by atoms with van der Waals surface area (Å²) in [6.07, 6.45) is 0.831. The minimum atomic E-state index is 0.234. The smallest absolute Gasteiger partial charge is 0.130 e. The third kappa shape index (κ3) is 2.43. The Morgan fingerprint density at radius 1 is 1.44 bits per heavy atom. The van der Waals surface area contributed by atoms with Crippen molar-refractivity contribution in [3.8, 4) is 0 Å². The molecule has 0 fully saturated rings. The number of nitrogens with one attached hydrogen (secondary N) is 1. The summed E-state index contributed by atoms with van der Waals surface area (Å²) < 4.78 is 1.72. The first-order valence-electron chi connectivity index (χ1n) is 5.79. The molecule has 4 nitrogen and oxygen atoms in total. The van der Waals surface area contributed by atoms with Crippen LogP contribution in [0, 0.1) is 13.8 Å². The minimum Gasteiger partial charge on any atom is -0.312 e. The van der Waals surface area contributed by atoms with Crippen molar-refractivity contribution < 1.29 is 0 Å². The maximum absolute atomic E-state index is 6.28. The van der Waals surface area contributed by atoms with E-state index in [-0.39, 0.29) is 6.04 Å². The zero-order chi connectivity index (χ0) is 13.3. The van der Waals surface area contributed by atoms with Crippen LogP contribution >= 0.6 is 22.9 Å².